The number of amides is 1. The smallest absolute Gasteiger partial charge is 0.267 e. The first-order valence-electron chi connectivity index (χ1n) is 22.0. The zero-order valence-corrected chi connectivity index (χ0v) is 34.6. The molecule has 0 heterocycles. The largest absolute Gasteiger partial charge is 0.387 e. The van der Waals surface area contributed by atoms with Gasteiger partial charge >= 0.3 is 0 Å². The fourth-order valence-electron chi connectivity index (χ4n) is 6.82. The fourth-order valence-corrected chi connectivity index (χ4v) is 7.55. The number of hydrogen-bond acceptors (Lipinski definition) is 4. The summed E-state index contributed by atoms with van der Waals surface area (Å²) in [6.45, 7) is 4.54. The molecule has 2 atom stereocenters. The zero-order valence-electron chi connectivity index (χ0n) is 33.7. The fraction of sp³-hybridized carbons (Fsp3) is 0.886. The highest BCUT2D eigenvalue weighted by Gasteiger charge is 2.24. The van der Waals surface area contributed by atoms with E-state index >= 15 is 0 Å². The first kappa shape index (κ1) is 49.8. The minimum Gasteiger partial charge on any atom is -0.387 e. The van der Waals surface area contributed by atoms with Crippen LogP contribution in [0.3, 0.4) is 0 Å². The third-order valence-corrected chi connectivity index (χ3v) is 10.9. The van der Waals surface area contributed by atoms with Crippen LogP contribution in [0.5, 0.6) is 0 Å². The van der Waals surface area contributed by atoms with Crippen molar-refractivity contribution in [2.75, 3.05) is 5.75 Å². The number of hydrogen-bond donors (Lipinski definition) is 3. The van der Waals surface area contributed by atoms with Gasteiger partial charge in [-0.3, -0.25) is 9.35 Å². The van der Waals surface area contributed by atoms with Crippen molar-refractivity contribution in [3.05, 3.63) is 24.3 Å². The maximum absolute atomic E-state index is 12.5. The second-order valence-electron chi connectivity index (χ2n) is 15.3. The van der Waals surface area contributed by atoms with Gasteiger partial charge in [-0.2, -0.15) is 8.42 Å². The minimum absolute atomic E-state index is 0.285. The number of nitrogens with one attached hydrogen (secondary N) is 1. The number of allylic oxidation sites excluding steroid dienone is 3. The standard InChI is InChI=1S/C44H85NO5S/c1-3-5-7-9-11-13-15-17-19-20-21-22-23-24-26-27-29-31-33-35-37-39-43(46)42(41-51(48,49)50)45-44(47)40-38-36-34-32-30-28-25-18-16-14-12-10-8-6-4-2/h29,31,37,39,42-43,46H,3-28,30,32-36,38,40-41H2,1-2H3,(H,45,47)(H,48,49,50)/b31-29+,39-37+. The van der Waals surface area contributed by atoms with Crippen molar-refractivity contribution in [3.63, 3.8) is 0 Å². The molecule has 0 aliphatic rings. The summed E-state index contributed by atoms with van der Waals surface area (Å²) in [6, 6.07) is -1.07. The van der Waals surface area contributed by atoms with Crippen molar-refractivity contribution in [2.45, 2.75) is 244 Å². The number of carbonyl (C=O) groups is 1. The Balaban J connectivity index is 3.89. The first-order chi connectivity index (χ1) is 24.8. The second kappa shape index (κ2) is 38.5. The van der Waals surface area contributed by atoms with Crippen molar-refractivity contribution in [2.24, 2.45) is 0 Å². The van der Waals surface area contributed by atoms with Crippen LogP contribution in [0.15, 0.2) is 24.3 Å². The topological polar surface area (TPSA) is 104 Å². The van der Waals surface area contributed by atoms with Crippen molar-refractivity contribution < 1.29 is 22.9 Å². The van der Waals surface area contributed by atoms with E-state index < -0.39 is 28.0 Å². The van der Waals surface area contributed by atoms with E-state index in [4.69, 9.17) is 0 Å². The molecule has 6 nitrogen and oxygen atoms in total. The second-order valence-corrected chi connectivity index (χ2v) is 16.8. The zero-order chi connectivity index (χ0) is 37.5. The summed E-state index contributed by atoms with van der Waals surface area (Å²) < 4.78 is 32.5. The predicted octanol–water partition coefficient (Wildman–Crippen LogP) is 13.1. The number of aliphatic hydroxyl groups is 1. The Bertz CT molecular complexity index is 903. The molecule has 0 aromatic rings. The van der Waals surface area contributed by atoms with Gasteiger partial charge in [0.25, 0.3) is 10.1 Å². The molecule has 0 spiro atoms. The van der Waals surface area contributed by atoms with Gasteiger partial charge in [0.05, 0.1) is 17.9 Å². The van der Waals surface area contributed by atoms with Crippen LogP contribution in [0, 0.1) is 0 Å². The highest BCUT2D eigenvalue weighted by atomic mass is 32.2. The molecule has 0 aliphatic carbocycles. The van der Waals surface area contributed by atoms with Gasteiger partial charge in [-0.05, 0) is 32.1 Å². The third kappa shape index (κ3) is 39.9. The Hall–Kier alpha value is -1.18. The average molecular weight is 740 g/mol. The van der Waals surface area contributed by atoms with E-state index in [1.54, 1.807) is 0 Å². The van der Waals surface area contributed by atoms with Crippen molar-refractivity contribution in [1.82, 2.24) is 5.32 Å². The Morgan fingerprint density at radius 1 is 0.510 bits per heavy atom. The summed E-state index contributed by atoms with van der Waals surface area (Å²) in [4.78, 5) is 12.5. The van der Waals surface area contributed by atoms with Gasteiger partial charge in [0.15, 0.2) is 0 Å². The quantitative estimate of drug-likeness (QED) is 0.0330. The van der Waals surface area contributed by atoms with Crippen LogP contribution in [0.1, 0.15) is 232 Å². The Labute approximate surface area is 317 Å². The van der Waals surface area contributed by atoms with Gasteiger partial charge in [0, 0.05) is 6.42 Å². The molecule has 0 aromatic carbocycles. The predicted molar refractivity (Wildman–Crippen MR) is 221 cm³/mol. The van der Waals surface area contributed by atoms with E-state index in [9.17, 15) is 22.9 Å². The number of unbranched alkanes of at least 4 members (excludes halogenated alkanes) is 30. The van der Waals surface area contributed by atoms with Crippen LogP contribution in [0.25, 0.3) is 0 Å². The number of carbonyl (C=O) groups excluding carboxylic acids is 1. The van der Waals surface area contributed by atoms with Crippen LogP contribution in [0.2, 0.25) is 0 Å². The van der Waals surface area contributed by atoms with E-state index in [2.05, 4.69) is 31.3 Å². The highest BCUT2D eigenvalue weighted by molar-refractivity contribution is 7.85. The number of rotatable bonds is 40. The van der Waals surface area contributed by atoms with Crippen molar-refractivity contribution >= 4 is 16.0 Å². The molecule has 2 unspecified atom stereocenters. The maximum Gasteiger partial charge on any atom is 0.267 e. The monoisotopic (exact) mass is 740 g/mol. The lowest BCUT2D eigenvalue weighted by molar-refractivity contribution is -0.122. The molecule has 7 heteroatoms. The first-order valence-corrected chi connectivity index (χ1v) is 23.6. The minimum atomic E-state index is -4.35. The number of aliphatic hydroxyl groups excluding tert-OH is 1. The van der Waals surface area contributed by atoms with E-state index in [0.717, 1.165) is 38.5 Å². The summed E-state index contributed by atoms with van der Waals surface area (Å²) in [5.74, 6) is -0.991. The molecule has 0 bridgehead atoms. The molecule has 0 radical (unpaired) electrons. The molecule has 0 aromatic heterocycles. The van der Waals surface area contributed by atoms with E-state index in [1.807, 2.05) is 6.08 Å². The van der Waals surface area contributed by atoms with Crippen molar-refractivity contribution in [1.29, 1.82) is 0 Å². The molecule has 51 heavy (non-hydrogen) atoms. The van der Waals surface area contributed by atoms with Gasteiger partial charge in [-0.1, -0.05) is 218 Å². The lowest BCUT2D eigenvalue weighted by Crippen LogP contribution is -2.46. The summed E-state index contributed by atoms with van der Waals surface area (Å²) in [7, 11) is -4.35. The summed E-state index contributed by atoms with van der Waals surface area (Å²) in [5, 5.41) is 13.2. The summed E-state index contributed by atoms with van der Waals surface area (Å²) in [6.07, 6.45) is 48.9. The lowest BCUT2D eigenvalue weighted by atomic mass is 10.0. The molecule has 0 aliphatic heterocycles. The molecule has 0 saturated carbocycles. The van der Waals surface area contributed by atoms with Crippen LogP contribution in [-0.4, -0.2) is 41.9 Å². The summed E-state index contributed by atoms with van der Waals surface area (Å²) >= 11 is 0. The third-order valence-electron chi connectivity index (χ3n) is 10.1. The molecule has 1 amide bonds. The molecular weight excluding hydrogens is 655 g/mol. The van der Waals surface area contributed by atoms with E-state index in [-0.39, 0.29) is 5.91 Å². The SMILES string of the molecule is CCCCCCCCCCCCCCCCC/C=C/CC/C=C/C(O)C(CS(=O)(=O)O)NC(=O)CCCCCCCCCCCCCCCCC. The lowest BCUT2D eigenvalue weighted by Gasteiger charge is -2.21. The molecule has 0 saturated heterocycles. The average Bonchev–Trinajstić information content (AvgIpc) is 3.09. The van der Waals surface area contributed by atoms with Crippen molar-refractivity contribution in [3.8, 4) is 0 Å². The maximum atomic E-state index is 12.5. The highest BCUT2D eigenvalue weighted by Crippen LogP contribution is 2.16. The summed E-state index contributed by atoms with van der Waals surface area (Å²) in [5.41, 5.74) is 0. The van der Waals surface area contributed by atoms with Gasteiger partial charge in [-0.15, -0.1) is 0 Å². The molecule has 3 N–H and O–H groups in total. The van der Waals surface area contributed by atoms with Crippen LogP contribution < -0.4 is 5.32 Å². The Morgan fingerprint density at radius 3 is 1.24 bits per heavy atom. The molecule has 0 rings (SSSR count). The van der Waals surface area contributed by atoms with Gasteiger partial charge < -0.3 is 10.4 Å². The molecular formula is C44H85NO5S. The Morgan fingerprint density at radius 2 is 0.843 bits per heavy atom. The molecule has 302 valence electrons. The van der Waals surface area contributed by atoms with Crippen LogP contribution in [0.4, 0.5) is 0 Å². The van der Waals surface area contributed by atoms with Crippen LogP contribution in [-0.2, 0) is 14.9 Å². The normalized spacial score (nSPS) is 13.4. The van der Waals surface area contributed by atoms with Gasteiger partial charge in [-0.25, -0.2) is 0 Å². The van der Waals surface area contributed by atoms with E-state index in [1.165, 1.54) is 179 Å². The van der Waals surface area contributed by atoms with Gasteiger partial charge in [0.1, 0.15) is 0 Å². The van der Waals surface area contributed by atoms with E-state index in [0.29, 0.717) is 6.42 Å². The molecule has 0 fully saturated rings. The van der Waals surface area contributed by atoms with Crippen LogP contribution >= 0.6 is 0 Å². The van der Waals surface area contributed by atoms with Gasteiger partial charge in [0.2, 0.25) is 5.91 Å². The Kier molecular flexibility index (Phi) is 37.6.